The number of para-hydroxylation sites is 4. The van der Waals surface area contributed by atoms with Crippen molar-refractivity contribution < 1.29 is 8.83 Å². The molecule has 0 bridgehead atoms. The number of nitrogens with one attached hydrogen (secondary N) is 2. The molecule has 0 saturated carbocycles. The summed E-state index contributed by atoms with van der Waals surface area (Å²) in [6.45, 7) is 0. The molecule has 5 rings (SSSR count). The second kappa shape index (κ2) is 4.18. The van der Waals surface area contributed by atoms with Gasteiger partial charge in [-0.25, -0.2) is 0 Å². The Bertz CT molecular complexity index is 1000. The Labute approximate surface area is 124 Å². The van der Waals surface area contributed by atoms with Gasteiger partial charge in [0.05, 0.1) is 22.1 Å². The fourth-order valence-corrected chi connectivity index (χ4v) is 2.77. The standard InChI is InChI=1S/C18H12N2O2/c1-3-7-15-11(5-1)19-13-9-18-14(10-17(13)21-15)20-12-6-2-4-8-16(12)22-18/h1-10,19-20H. The first-order valence-corrected chi connectivity index (χ1v) is 7.13. The predicted molar refractivity (Wildman–Crippen MR) is 87.3 cm³/mol. The van der Waals surface area contributed by atoms with E-state index in [-0.39, 0.29) is 0 Å². The maximum absolute atomic E-state index is 5.97. The minimum atomic E-state index is 0.785. The molecule has 22 heavy (non-hydrogen) atoms. The van der Waals surface area contributed by atoms with Crippen LogP contribution in [0.1, 0.15) is 0 Å². The van der Waals surface area contributed by atoms with Gasteiger partial charge in [-0.1, -0.05) is 24.3 Å². The summed E-state index contributed by atoms with van der Waals surface area (Å²) in [7, 11) is 0. The van der Waals surface area contributed by atoms with Crippen LogP contribution in [0.3, 0.4) is 0 Å². The van der Waals surface area contributed by atoms with Crippen molar-refractivity contribution in [2.75, 3.05) is 0 Å². The molecule has 3 aromatic carbocycles. The van der Waals surface area contributed by atoms with Gasteiger partial charge in [-0.2, -0.15) is 0 Å². The highest BCUT2D eigenvalue weighted by molar-refractivity contribution is 5.94. The molecule has 4 heteroatoms. The molecule has 2 N–H and O–H groups in total. The second-order valence-corrected chi connectivity index (χ2v) is 5.29. The molecule has 0 radical (unpaired) electrons. The average molecular weight is 288 g/mol. The lowest BCUT2D eigenvalue weighted by Gasteiger charge is -2.06. The van der Waals surface area contributed by atoms with Crippen LogP contribution in [0.4, 0.5) is 0 Å². The third-order valence-electron chi connectivity index (χ3n) is 3.83. The van der Waals surface area contributed by atoms with Crippen LogP contribution in [0.2, 0.25) is 0 Å². The first kappa shape index (κ1) is 11.5. The van der Waals surface area contributed by atoms with Crippen LogP contribution >= 0.6 is 0 Å². The van der Waals surface area contributed by atoms with Gasteiger partial charge in [0.2, 0.25) is 0 Å². The Morgan fingerprint density at radius 3 is 1.45 bits per heavy atom. The van der Waals surface area contributed by atoms with Gasteiger partial charge in [-0.05, 0) is 24.3 Å². The fraction of sp³-hybridized carbons (Fsp3) is 0. The van der Waals surface area contributed by atoms with Crippen molar-refractivity contribution in [3.8, 4) is 0 Å². The summed E-state index contributed by atoms with van der Waals surface area (Å²) in [6, 6.07) is 19.7. The SMILES string of the molecule is c1ccc2oc3cc4[nH]c5ccccc5oc4cc3[nH]c2c1. The van der Waals surface area contributed by atoms with Crippen LogP contribution in [0.5, 0.6) is 0 Å². The smallest absolute Gasteiger partial charge is 0.153 e. The Balaban J connectivity index is 1.93. The molecule has 4 nitrogen and oxygen atoms in total. The highest BCUT2D eigenvalue weighted by Crippen LogP contribution is 2.26. The molecule has 5 aromatic rings. The number of rotatable bonds is 0. The number of aromatic amines is 2. The largest absolute Gasteiger partial charge is 0.453 e. The Morgan fingerprint density at radius 1 is 0.500 bits per heavy atom. The Morgan fingerprint density at radius 2 is 0.955 bits per heavy atom. The number of H-pyrrole nitrogens is 2. The molecule has 106 valence electrons. The lowest BCUT2D eigenvalue weighted by atomic mass is 10.2. The van der Waals surface area contributed by atoms with Gasteiger partial charge in [0.1, 0.15) is 0 Å². The molecule has 0 aliphatic carbocycles. The van der Waals surface area contributed by atoms with E-state index < -0.39 is 0 Å². The number of benzene rings is 3. The Hall–Kier alpha value is -3.14. The van der Waals surface area contributed by atoms with E-state index in [1.807, 2.05) is 60.7 Å². The number of aromatic nitrogens is 2. The van der Waals surface area contributed by atoms with E-state index in [1.54, 1.807) is 0 Å². The lowest BCUT2D eigenvalue weighted by molar-refractivity contribution is 0.648. The molecule has 0 saturated heterocycles. The molecule has 2 aromatic heterocycles. The van der Waals surface area contributed by atoms with Crippen molar-refractivity contribution in [3.63, 3.8) is 0 Å². The molecular weight excluding hydrogens is 276 g/mol. The summed E-state index contributed by atoms with van der Waals surface area (Å²) in [5.41, 5.74) is 6.94. The van der Waals surface area contributed by atoms with Crippen LogP contribution in [-0.2, 0) is 0 Å². The molecule has 0 spiro atoms. The van der Waals surface area contributed by atoms with Gasteiger partial charge in [-0.15, -0.1) is 0 Å². The topological polar surface area (TPSA) is 57.9 Å². The first-order chi connectivity index (χ1) is 10.9. The summed E-state index contributed by atoms with van der Waals surface area (Å²) in [6.07, 6.45) is 0. The number of hydrogen-bond donors (Lipinski definition) is 2. The normalized spacial score (nSPS) is 11.6. The summed E-state index contributed by atoms with van der Waals surface area (Å²) in [4.78, 5) is 6.76. The van der Waals surface area contributed by atoms with Gasteiger partial charge >= 0.3 is 0 Å². The van der Waals surface area contributed by atoms with Crippen molar-refractivity contribution in [2.45, 2.75) is 0 Å². The quantitative estimate of drug-likeness (QED) is 0.381. The molecule has 0 aliphatic rings. The number of hydrogen-bond acceptors (Lipinski definition) is 2. The molecule has 0 atom stereocenters. The van der Waals surface area contributed by atoms with Gasteiger partial charge < -0.3 is 18.8 Å². The van der Waals surface area contributed by atoms with E-state index >= 15 is 0 Å². The molecule has 0 unspecified atom stereocenters. The zero-order valence-corrected chi connectivity index (χ0v) is 11.6. The summed E-state index contributed by atoms with van der Waals surface area (Å²) < 4.78 is 11.9. The molecule has 0 aliphatic heterocycles. The Kier molecular flexibility index (Phi) is 2.19. The maximum atomic E-state index is 5.97. The van der Waals surface area contributed by atoms with E-state index in [0.717, 1.165) is 44.4 Å². The molecule has 2 heterocycles. The van der Waals surface area contributed by atoms with Crippen LogP contribution in [0.15, 0.2) is 69.5 Å². The second-order valence-electron chi connectivity index (χ2n) is 5.29. The zero-order valence-electron chi connectivity index (χ0n) is 11.6. The van der Waals surface area contributed by atoms with Gasteiger partial charge in [0, 0.05) is 12.1 Å². The van der Waals surface area contributed by atoms with Crippen molar-refractivity contribution in [2.24, 2.45) is 0 Å². The van der Waals surface area contributed by atoms with Crippen molar-refractivity contribution in [3.05, 3.63) is 60.7 Å². The lowest BCUT2D eigenvalue weighted by Crippen LogP contribution is -1.86. The van der Waals surface area contributed by atoms with E-state index in [9.17, 15) is 0 Å². The minimum Gasteiger partial charge on any atom is -0.453 e. The summed E-state index contributed by atoms with van der Waals surface area (Å²) in [5.74, 6) is 0. The molecule has 0 amide bonds. The van der Waals surface area contributed by atoms with Crippen molar-refractivity contribution in [1.82, 2.24) is 9.97 Å². The highest BCUT2D eigenvalue weighted by atomic mass is 16.3. The number of fused-ring (bicyclic) bond motifs is 4. The van der Waals surface area contributed by atoms with Crippen LogP contribution in [0, 0.1) is 0 Å². The van der Waals surface area contributed by atoms with Gasteiger partial charge in [-0.3, -0.25) is 0 Å². The fourth-order valence-electron chi connectivity index (χ4n) is 2.77. The summed E-state index contributed by atoms with van der Waals surface area (Å²) in [5, 5.41) is 0. The maximum Gasteiger partial charge on any atom is 0.153 e. The van der Waals surface area contributed by atoms with Crippen LogP contribution in [-0.4, -0.2) is 9.97 Å². The molecular formula is C18H12N2O2. The molecule has 0 fully saturated rings. The van der Waals surface area contributed by atoms with Gasteiger partial charge in [0.25, 0.3) is 0 Å². The highest BCUT2D eigenvalue weighted by Gasteiger charge is 2.06. The van der Waals surface area contributed by atoms with E-state index in [1.165, 1.54) is 0 Å². The van der Waals surface area contributed by atoms with Crippen LogP contribution in [0.25, 0.3) is 44.4 Å². The van der Waals surface area contributed by atoms with E-state index in [0.29, 0.717) is 0 Å². The zero-order chi connectivity index (χ0) is 14.5. The first-order valence-electron chi connectivity index (χ1n) is 7.13. The van der Waals surface area contributed by atoms with Crippen molar-refractivity contribution in [1.29, 1.82) is 0 Å². The monoisotopic (exact) mass is 288 g/mol. The predicted octanol–water partition coefficient (Wildman–Crippen LogP) is 5.27. The minimum absolute atomic E-state index is 0.785. The summed E-state index contributed by atoms with van der Waals surface area (Å²) >= 11 is 0. The third kappa shape index (κ3) is 1.64. The van der Waals surface area contributed by atoms with Crippen LogP contribution < -0.4 is 0 Å². The van der Waals surface area contributed by atoms with Crippen molar-refractivity contribution >= 4 is 44.4 Å². The van der Waals surface area contributed by atoms with E-state index in [2.05, 4.69) is 9.97 Å². The van der Waals surface area contributed by atoms with Gasteiger partial charge in [0.15, 0.2) is 22.3 Å². The average Bonchev–Trinajstić information content (AvgIpc) is 2.56. The van der Waals surface area contributed by atoms with E-state index in [4.69, 9.17) is 8.83 Å². The third-order valence-corrected chi connectivity index (χ3v) is 3.83.